The summed E-state index contributed by atoms with van der Waals surface area (Å²) in [5, 5.41) is 10.5. The van der Waals surface area contributed by atoms with Gasteiger partial charge in [-0.2, -0.15) is 0 Å². The van der Waals surface area contributed by atoms with Crippen molar-refractivity contribution in [2.45, 2.75) is 40.0 Å². The average Bonchev–Trinajstić information content (AvgIpc) is 3.22. The Labute approximate surface area is 157 Å². The maximum Gasteiger partial charge on any atom is 0.322 e. The number of carbonyl (C=O) groups is 2. The molecule has 0 bridgehead atoms. The van der Waals surface area contributed by atoms with Gasteiger partial charge in [-0.25, -0.2) is 0 Å². The standard InChI is InChI=1S/C19H24N4O4/c1-5-26-14-8-6-13(7-9-14)23-11-12(10-15(23)24)16-21-22-18(27-16)20-17(25)19(2,3)4/h6-9,12H,5,10-11H2,1-4H3,(H,20,22,25). The maximum atomic E-state index is 12.4. The van der Waals surface area contributed by atoms with Crippen molar-refractivity contribution >= 4 is 23.5 Å². The Morgan fingerprint density at radius 1 is 1.30 bits per heavy atom. The van der Waals surface area contributed by atoms with E-state index in [0.717, 1.165) is 11.4 Å². The lowest BCUT2D eigenvalue weighted by Crippen LogP contribution is -2.27. The molecule has 1 atom stereocenters. The largest absolute Gasteiger partial charge is 0.494 e. The number of amides is 2. The Morgan fingerprint density at radius 2 is 2.00 bits per heavy atom. The van der Waals surface area contributed by atoms with E-state index in [0.29, 0.717) is 19.0 Å². The molecule has 0 saturated carbocycles. The van der Waals surface area contributed by atoms with E-state index in [4.69, 9.17) is 9.15 Å². The number of hydrogen-bond acceptors (Lipinski definition) is 6. The summed E-state index contributed by atoms with van der Waals surface area (Å²) < 4.78 is 11.0. The van der Waals surface area contributed by atoms with Crippen LogP contribution in [-0.4, -0.2) is 35.2 Å². The molecule has 2 heterocycles. The van der Waals surface area contributed by atoms with Gasteiger partial charge in [-0.15, -0.1) is 5.10 Å². The van der Waals surface area contributed by atoms with Crippen LogP contribution in [0.15, 0.2) is 28.7 Å². The Hall–Kier alpha value is -2.90. The van der Waals surface area contributed by atoms with E-state index in [2.05, 4.69) is 15.5 Å². The van der Waals surface area contributed by atoms with E-state index < -0.39 is 5.41 Å². The molecule has 1 unspecified atom stereocenters. The van der Waals surface area contributed by atoms with Crippen molar-refractivity contribution < 1.29 is 18.7 Å². The topological polar surface area (TPSA) is 97.6 Å². The molecule has 8 heteroatoms. The summed E-state index contributed by atoms with van der Waals surface area (Å²) in [6, 6.07) is 7.44. The summed E-state index contributed by atoms with van der Waals surface area (Å²) in [6.45, 7) is 8.35. The summed E-state index contributed by atoms with van der Waals surface area (Å²) in [5.74, 6) is 0.678. The molecule has 0 radical (unpaired) electrons. The lowest BCUT2D eigenvalue weighted by Gasteiger charge is -2.16. The minimum absolute atomic E-state index is 0.0114. The van der Waals surface area contributed by atoms with Gasteiger partial charge < -0.3 is 14.1 Å². The number of rotatable bonds is 5. The van der Waals surface area contributed by atoms with E-state index in [1.807, 2.05) is 31.2 Å². The van der Waals surface area contributed by atoms with Crippen LogP contribution in [0.5, 0.6) is 5.75 Å². The molecule has 0 aliphatic carbocycles. The van der Waals surface area contributed by atoms with Crippen LogP contribution in [-0.2, 0) is 9.59 Å². The molecule has 27 heavy (non-hydrogen) atoms. The SMILES string of the molecule is CCOc1ccc(N2CC(c3nnc(NC(=O)C(C)(C)C)o3)CC2=O)cc1. The minimum Gasteiger partial charge on any atom is -0.494 e. The fraction of sp³-hybridized carbons (Fsp3) is 0.474. The maximum absolute atomic E-state index is 12.4. The molecule has 2 aromatic rings. The fourth-order valence-corrected chi connectivity index (χ4v) is 2.75. The van der Waals surface area contributed by atoms with Crippen molar-refractivity contribution in [1.29, 1.82) is 0 Å². The molecular formula is C19H24N4O4. The predicted molar refractivity (Wildman–Crippen MR) is 99.7 cm³/mol. The molecule has 0 spiro atoms. The lowest BCUT2D eigenvalue weighted by atomic mass is 9.96. The zero-order valence-electron chi connectivity index (χ0n) is 16.0. The zero-order chi connectivity index (χ0) is 19.6. The summed E-state index contributed by atoms with van der Waals surface area (Å²) in [7, 11) is 0. The predicted octanol–water partition coefficient (Wildman–Crippen LogP) is 2.97. The molecule has 144 valence electrons. The van der Waals surface area contributed by atoms with Crippen molar-refractivity contribution in [3.05, 3.63) is 30.2 Å². The molecule has 1 fully saturated rings. The van der Waals surface area contributed by atoms with Gasteiger partial charge in [0, 0.05) is 24.1 Å². The second kappa shape index (κ2) is 7.38. The molecule has 8 nitrogen and oxygen atoms in total. The van der Waals surface area contributed by atoms with Crippen LogP contribution in [0.1, 0.15) is 45.9 Å². The van der Waals surface area contributed by atoms with Crippen molar-refractivity contribution in [2.75, 3.05) is 23.4 Å². The molecule has 2 amide bonds. The second-order valence-corrected chi connectivity index (χ2v) is 7.48. The number of nitrogens with zero attached hydrogens (tertiary/aromatic N) is 3. The van der Waals surface area contributed by atoms with Gasteiger partial charge in [-0.1, -0.05) is 25.9 Å². The Kier molecular flexibility index (Phi) is 5.16. The first-order valence-corrected chi connectivity index (χ1v) is 8.96. The highest BCUT2D eigenvalue weighted by atomic mass is 16.5. The third kappa shape index (κ3) is 4.27. The molecule has 1 saturated heterocycles. The number of ether oxygens (including phenoxy) is 1. The fourth-order valence-electron chi connectivity index (χ4n) is 2.75. The quantitative estimate of drug-likeness (QED) is 0.866. The van der Waals surface area contributed by atoms with Gasteiger partial charge in [0.15, 0.2) is 0 Å². The Morgan fingerprint density at radius 3 is 2.63 bits per heavy atom. The van der Waals surface area contributed by atoms with Gasteiger partial charge in [0.25, 0.3) is 0 Å². The van der Waals surface area contributed by atoms with Gasteiger partial charge in [0.1, 0.15) is 5.75 Å². The summed E-state index contributed by atoms with van der Waals surface area (Å²) >= 11 is 0. The van der Waals surface area contributed by atoms with E-state index in [1.54, 1.807) is 25.7 Å². The number of carbonyl (C=O) groups excluding carboxylic acids is 2. The lowest BCUT2D eigenvalue weighted by molar-refractivity contribution is -0.123. The zero-order valence-corrected chi connectivity index (χ0v) is 16.0. The van der Waals surface area contributed by atoms with E-state index in [1.165, 1.54) is 0 Å². The third-order valence-corrected chi connectivity index (χ3v) is 4.28. The van der Waals surface area contributed by atoms with Gasteiger partial charge >= 0.3 is 6.01 Å². The van der Waals surface area contributed by atoms with Crippen LogP contribution in [0.25, 0.3) is 0 Å². The molecular weight excluding hydrogens is 348 g/mol. The van der Waals surface area contributed by atoms with E-state index >= 15 is 0 Å². The highest BCUT2D eigenvalue weighted by Crippen LogP contribution is 2.32. The summed E-state index contributed by atoms with van der Waals surface area (Å²) in [4.78, 5) is 26.1. The molecule has 1 aromatic carbocycles. The minimum atomic E-state index is -0.567. The van der Waals surface area contributed by atoms with Gasteiger partial charge in [0.05, 0.1) is 12.5 Å². The molecule has 1 aromatic heterocycles. The number of benzene rings is 1. The van der Waals surface area contributed by atoms with Crippen LogP contribution in [0, 0.1) is 5.41 Å². The third-order valence-electron chi connectivity index (χ3n) is 4.28. The van der Waals surface area contributed by atoms with Crippen molar-refractivity contribution in [2.24, 2.45) is 5.41 Å². The highest BCUT2D eigenvalue weighted by Gasteiger charge is 2.35. The summed E-state index contributed by atoms with van der Waals surface area (Å²) in [6.07, 6.45) is 0.280. The molecule has 1 aliphatic rings. The van der Waals surface area contributed by atoms with E-state index in [9.17, 15) is 9.59 Å². The van der Waals surface area contributed by atoms with Crippen molar-refractivity contribution in [3.63, 3.8) is 0 Å². The van der Waals surface area contributed by atoms with E-state index in [-0.39, 0.29) is 30.2 Å². The normalized spacial score (nSPS) is 17.3. The van der Waals surface area contributed by atoms with Crippen LogP contribution in [0.4, 0.5) is 11.7 Å². The molecule has 1 N–H and O–H groups in total. The van der Waals surface area contributed by atoms with Crippen LogP contribution in [0.2, 0.25) is 0 Å². The van der Waals surface area contributed by atoms with Crippen LogP contribution in [0.3, 0.4) is 0 Å². The first-order chi connectivity index (χ1) is 12.8. The Bertz CT molecular complexity index is 823. The van der Waals surface area contributed by atoms with Crippen molar-refractivity contribution in [3.8, 4) is 5.75 Å². The number of anilines is 2. The average molecular weight is 372 g/mol. The molecule has 1 aliphatic heterocycles. The van der Waals surface area contributed by atoms with Crippen molar-refractivity contribution in [1.82, 2.24) is 10.2 Å². The smallest absolute Gasteiger partial charge is 0.322 e. The van der Waals surface area contributed by atoms with Gasteiger partial charge in [-0.3, -0.25) is 14.9 Å². The van der Waals surface area contributed by atoms with Crippen LogP contribution < -0.4 is 15.0 Å². The summed E-state index contributed by atoms with van der Waals surface area (Å²) in [5.41, 5.74) is 0.231. The van der Waals surface area contributed by atoms with Crippen LogP contribution >= 0.6 is 0 Å². The number of hydrogen-bond donors (Lipinski definition) is 1. The Balaban J connectivity index is 1.68. The first kappa shape index (κ1) is 18.9. The van der Waals surface area contributed by atoms with Gasteiger partial charge in [-0.05, 0) is 31.2 Å². The second-order valence-electron chi connectivity index (χ2n) is 7.48. The van der Waals surface area contributed by atoms with Gasteiger partial charge in [0.2, 0.25) is 17.7 Å². The monoisotopic (exact) mass is 372 g/mol. The first-order valence-electron chi connectivity index (χ1n) is 8.96. The number of nitrogens with one attached hydrogen (secondary N) is 1. The highest BCUT2D eigenvalue weighted by molar-refractivity contribution is 5.96. The molecule has 3 rings (SSSR count). The number of aromatic nitrogens is 2.